The van der Waals surface area contributed by atoms with Crippen LogP contribution >= 0.6 is 11.8 Å². The quantitative estimate of drug-likeness (QED) is 0.377. The van der Waals surface area contributed by atoms with Crippen LogP contribution in [0.5, 0.6) is 5.75 Å². The fourth-order valence-corrected chi connectivity index (χ4v) is 4.10. The average Bonchev–Trinajstić information content (AvgIpc) is 3.10. The van der Waals surface area contributed by atoms with Crippen LogP contribution < -0.4 is 4.74 Å². The summed E-state index contributed by atoms with van der Waals surface area (Å²) in [6, 6.07) is 17.3. The topological polar surface area (TPSA) is 56.5 Å². The minimum absolute atomic E-state index is 0.0753. The minimum Gasteiger partial charge on any atom is -0.497 e. The first-order valence-corrected chi connectivity index (χ1v) is 9.55. The van der Waals surface area contributed by atoms with Crippen molar-refractivity contribution in [2.75, 3.05) is 7.11 Å². The van der Waals surface area contributed by atoms with Crippen molar-refractivity contribution in [2.45, 2.75) is 24.3 Å². The van der Waals surface area contributed by atoms with Crippen molar-refractivity contribution in [1.82, 2.24) is 14.6 Å². The average molecular weight is 377 g/mol. The van der Waals surface area contributed by atoms with Crippen LogP contribution in [0.15, 0.2) is 59.8 Å². The van der Waals surface area contributed by atoms with Crippen molar-refractivity contribution in [2.24, 2.45) is 0 Å². The third-order valence-corrected chi connectivity index (χ3v) is 5.63. The van der Waals surface area contributed by atoms with Gasteiger partial charge >= 0.3 is 0 Å². The first kappa shape index (κ1) is 17.5. The Kier molecular flexibility index (Phi) is 4.58. The van der Waals surface area contributed by atoms with Crippen molar-refractivity contribution >= 4 is 34.1 Å². The van der Waals surface area contributed by atoms with Crippen LogP contribution in [0, 0.1) is 6.92 Å². The van der Waals surface area contributed by atoms with Gasteiger partial charge in [0.05, 0.1) is 17.9 Å². The number of aryl methyl sites for hydroxylation is 1. The highest BCUT2D eigenvalue weighted by molar-refractivity contribution is 8.00. The molecule has 0 aliphatic carbocycles. The fourth-order valence-electron chi connectivity index (χ4n) is 3.15. The number of hydrogen-bond donors (Lipinski definition) is 0. The normalized spacial score (nSPS) is 12.4. The number of Topliss-reactive ketones (excluding diaryl/α,β-unsaturated/α-hetero) is 1. The first-order chi connectivity index (χ1) is 13.1. The third-order valence-electron chi connectivity index (χ3n) is 4.58. The molecule has 0 aliphatic rings. The molecule has 0 bridgehead atoms. The van der Waals surface area contributed by atoms with E-state index < -0.39 is 0 Å². The lowest BCUT2D eigenvalue weighted by Gasteiger charge is -2.12. The summed E-state index contributed by atoms with van der Waals surface area (Å²) in [6.45, 7) is 3.95. The number of ether oxygens (including phenoxy) is 1. The second-order valence-corrected chi connectivity index (χ2v) is 7.68. The molecule has 5 nitrogen and oxygen atoms in total. The molecule has 2 aromatic heterocycles. The summed E-state index contributed by atoms with van der Waals surface area (Å²) in [7, 11) is 1.65. The van der Waals surface area contributed by atoms with Gasteiger partial charge in [0.2, 0.25) is 0 Å². The summed E-state index contributed by atoms with van der Waals surface area (Å²) in [6.07, 6.45) is 0. The van der Waals surface area contributed by atoms with Gasteiger partial charge in [0, 0.05) is 17.0 Å². The van der Waals surface area contributed by atoms with Gasteiger partial charge in [-0.15, -0.1) is 10.2 Å². The minimum atomic E-state index is -0.276. The Morgan fingerprint density at radius 2 is 1.89 bits per heavy atom. The zero-order chi connectivity index (χ0) is 19.0. The number of hydrogen-bond acceptors (Lipinski definition) is 5. The van der Waals surface area contributed by atoms with E-state index in [9.17, 15) is 4.79 Å². The lowest BCUT2D eigenvalue weighted by atomic mass is 10.1. The van der Waals surface area contributed by atoms with Gasteiger partial charge in [-0.05, 0) is 37.6 Å². The molecule has 0 radical (unpaired) electrons. The Hall–Kier alpha value is -2.86. The lowest BCUT2D eigenvalue weighted by molar-refractivity contribution is 0.0994. The standard InChI is InChI=1S/C21H19N3O2S/c1-13-11-19-22-23-21(24(19)18-12-16(26-3)9-10-17(13)18)27-14(2)20(25)15-7-5-4-6-8-15/h4-12,14H,1-3H3. The van der Waals surface area contributed by atoms with E-state index in [2.05, 4.69) is 17.1 Å². The molecule has 0 N–H and O–H groups in total. The predicted octanol–water partition coefficient (Wildman–Crippen LogP) is 4.56. The number of carbonyl (C=O) groups is 1. The van der Waals surface area contributed by atoms with E-state index in [0.29, 0.717) is 10.7 Å². The molecule has 0 saturated carbocycles. The highest BCUT2D eigenvalue weighted by atomic mass is 32.2. The molecule has 0 amide bonds. The summed E-state index contributed by atoms with van der Waals surface area (Å²) in [5, 5.41) is 10.2. The van der Waals surface area contributed by atoms with Crippen LogP contribution in [0.4, 0.5) is 0 Å². The van der Waals surface area contributed by atoms with Crippen LogP contribution in [0.2, 0.25) is 0 Å². The second-order valence-electron chi connectivity index (χ2n) is 6.38. The van der Waals surface area contributed by atoms with Gasteiger partial charge in [-0.25, -0.2) is 0 Å². The Balaban J connectivity index is 1.78. The zero-order valence-corrected chi connectivity index (χ0v) is 16.2. The van der Waals surface area contributed by atoms with E-state index >= 15 is 0 Å². The smallest absolute Gasteiger partial charge is 0.196 e. The number of ketones is 1. The van der Waals surface area contributed by atoms with E-state index in [4.69, 9.17) is 4.74 Å². The number of carbonyl (C=O) groups excluding carboxylic acids is 1. The molecule has 136 valence electrons. The molecule has 4 rings (SSSR count). The molecule has 6 heteroatoms. The molecular formula is C21H19N3O2S. The highest BCUT2D eigenvalue weighted by Gasteiger charge is 2.20. The maximum atomic E-state index is 12.7. The number of fused-ring (bicyclic) bond motifs is 3. The first-order valence-electron chi connectivity index (χ1n) is 8.67. The van der Waals surface area contributed by atoms with E-state index in [1.165, 1.54) is 11.8 Å². The lowest BCUT2D eigenvalue weighted by Crippen LogP contribution is -2.14. The molecule has 0 aliphatic heterocycles. The van der Waals surface area contributed by atoms with Gasteiger partial charge < -0.3 is 4.74 Å². The molecule has 0 fully saturated rings. The van der Waals surface area contributed by atoms with Crippen LogP contribution in [-0.2, 0) is 0 Å². The van der Waals surface area contributed by atoms with Crippen LogP contribution in [0.3, 0.4) is 0 Å². The van der Waals surface area contributed by atoms with Crippen molar-refractivity contribution in [3.05, 3.63) is 65.7 Å². The summed E-state index contributed by atoms with van der Waals surface area (Å²) in [4.78, 5) is 12.7. The van der Waals surface area contributed by atoms with E-state index in [1.807, 2.05) is 65.9 Å². The van der Waals surface area contributed by atoms with Crippen molar-refractivity contribution in [3.63, 3.8) is 0 Å². The van der Waals surface area contributed by atoms with Gasteiger partial charge in [-0.2, -0.15) is 0 Å². The van der Waals surface area contributed by atoms with Crippen molar-refractivity contribution in [1.29, 1.82) is 0 Å². The van der Waals surface area contributed by atoms with Gasteiger partial charge in [0.25, 0.3) is 0 Å². The van der Waals surface area contributed by atoms with Gasteiger partial charge in [-0.3, -0.25) is 9.20 Å². The molecule has 0 spiro atoms. The van der Waals surface area contributed by atoms with Gasteiger partial charge in [0.1, 0.15) is 5.75 Å². The number of nitrogens with zero attached hydrogens (tertiary/aromatic N) is 3. The number of benzene rings is 2. The van der Waals surface area contributed by atoms with E-state index in [-0.39, 0.29) is 11.0 Å². The van der Waals surface area contributed by atoms with Crippen LogP contribution in [0.25, 0.3) is 16.6 Å². The van der Waals surface area contributed by atoms with Crippen LogP contribution in [-0.4, -0.2) is 32.7 Å². The van der Waals surface area contributed by atoms with Crippen LogP contribution in [0.1, 0.15) is 22.8 Å². The summed E-state index contributed by atoms with van der Waals surface area (Å²) in [5.74, 6) is 0.846. The predicted molar refractivity (Wildman–Crippen MR) is 108 cm³/mol. The van der Waals surface area contributed by atoms with Crippen molar-refractivity contribution < 1.29 is 9.53 Å². The van der Waals surface area contributed by atoms with Gasteiger partial charge in [0.15, 0.2) is 16.6 Å². The molecule has 0 saturated heterocycles. The zero-order valence-electron chi connectivity index (χ0n) is 15.3. The highest BCUT2D eigenvalue weighted by Crippen LogP contribution is 2.30. The summed E-state index contributed by atoms with van der Waals surface area (Å²) >= 11 is 1.42. The van der Waals surface area contributed by atoms with E-state index in [0.717, 1.165) is 27.9 Å². The third kappa shape index (κ3) is 3.17. The SMILES string of the molecule is COc1ccc2c(C)cc3nnc(SC(C)C(=O)c4ccccc4)n3c2c1. The molecule has 1 atom stereocenters. The molecule has 2 heterocycles. The number of thioether (sulfide) groups is 1. The monoisotopic (exact) mass is 377 g/mol. The Bertz CT molecular complexity index is 1140. The Morgan fingerprint density at radius 1 is 1.11 bits per heavy atom. The summed E-state index contributed by atoms with van der Waals surface area (Å²) in [5.41, 5.74) is 3.55. The number of aromatic nitrogens is 3. The number of rotatable bonds is 5. The maximum absolute atomic E-state index is 12.7. The summed E-state index contributed by atoms with van der Waals surface area (Å²) < 4.78 is 7.38. The maximum Gasteiger partial charge on any atom is 0.196 e. The van der Waals surface area contributed by atoms with E-state index in [1.54, 1.807) is 7.11 Å². The molecule has 27 heavy (non-hydrogen) atoms. The Morgan fingerprint density at radius 3 is 2.63 bits per heavy atom. The Labute approximate surface area is 161 Å². The fraction of sp³-hybridized carbons (Fsp3) is 0.190. The largest absolute Gasteiger partial charge is 0.497 e. The number of methoxy groups -OCH3 is 1. The second kappa shape index (κ2) is 7.04. The molecular weight excluding hydrogens is 358 g/mol. The molecule has 1 unspecified atom stereocenters. The van der Waals surface area contributed by atoms with Gasteiger partial charge in [-0.1, -0.05) is 42.1 Å². The van der Waals surface area contributed by atoms with Crippen molar-refractivity contribution in [3.8, 4) is 5.75 Å². The molecule has 2 aromatic carbocycles. The number of pyridine rings is 1. The molecule has 4 aromatic rings.